The molecule has 2 N–H and O–H groups in total. The van der Waals surface area contributed by atoms with Crippen LogP contribution >= 0.6 is 0 Å². The number of fused-ring (bicyclic) bond motifs is 1. The van der Waals surface area contributed by atoms with Crippen LogP contribution in [0.3, 0.4) is 0 Å². The van der Waals surface area contributed by atoms with Gasteiger partial charge in [-0.15, -0.1) is 0 Å². The van der Waals surface area contributed by atoms with Gasteiger partial charge in [0.2, 0.25) is 16.0 Å². The maximum absolute atomic E-state index is 13.3. The van der Waals surface area contributed by atoms with Gasteiger partial charge in [-0.2, -0.15) is 4.98 Å². The molecule has 2 fully saturated rings. The quantitative estimate of drug-likeness (QED) is 0.734. The fraction of sp³-hybridized carbons (Fsp3) is 0.650. The highest BCUT2D eigenvalue weighted by atomic mass is 32.2. The first kappa shape index (κ1) is 14.9. The number of nitrogens with zero attached hydrogens (tertiary/aromatic N) is 4. The predicted octanol–water partition coefficient (Wildman–Crippen LogP) is 1.27. The minimum Gasteiger partial charge on any atom is -0.393 e. The number of nitrogens with one attached hydrogen (secondary N) is 1. The molecule has 0 amide bonds. The van der Waals surface area contributed by atoms with E-state index in [1.165, 1.54) is 16.8 Å². The van der Waals surface area contributed by atoms with Gasteiger partial charge in [-0.05, 0) is 38.6 Å². The number of rotatable bonds is 4. The van der Waals surface area contributed by atoms with Crippen LogP contribution in [0.4, 0.5) is 5.95 Å². The molecule has 1 saturated carbocycles. The highest BCUT2D eigenvalue weighted by molar-refractivity contribution is 7.88. The van der Waals surface area contributed by atoms with Crippen molar-refractivity contribution in [3.63, 3.8) is 0 Å². The SMILES string of the molecule is [2H]C([2H])([2H])c1cc2cnc(NC3CCN(S(=O)(=O)C([2H])([2H])[2H])CC3)nc2n([C@H]2CC[C@H](O)[C@H]2C)c1=O. The van der Waals surface area contributed by atoms with E-state index in [1.807, 2.05) is 6.92 Å². The number of aryl methyl sites for hydroxylation is 1. The van der Waals surface area contributed by atoms with Gasteiger partial charge >= 0.3 is 0 Å². The summed E-state index contributed by atoms with van der Waals surface area (Å²) < 4.78 is 71.8. The van der Waals surface area contributed by atoms with Crippen molar-refractivity contribution in [3.05, 3.63) is 28.2 Å². The van der Waals surface area contributed by atoms with Gasteiger partial charge in [-0.25, -0.2) is 17.7 Å². The van der Waals surface area contributed by atoms with Crippen LogP contribution in [0, 0.1) is 12.8 Å². The number of anilines is 1. The Kier molecular flexibility index (Phi) is 3.92. The molecule has 0 spiro atoms. The molecule has 0 bridgehead atoms. The van der Waals surface area contributed by atoms with Gasteiger partial charge in [0.1, 0.15) is 5.65 Å². The van der Waals surface area contributed by atoms with Crippen molar-refractivity contribution in [1.29, 1.82) is 0 Å². The molecule has 2 aromatic rings. The van der Waals surface area contributed by atoms with E-state index in [2.05, 4.69) is 15.3 Å². The Labute approximate surface area is 184 Å². The molecule has 3 heterocycles. The molecule has 10 heteroatoms. The molecule has 0 aromatic carbocycles. The summed E-state index contributed by atoms with van der Waals surface area (Å²) in [5.74, 6) is -0.103. The van der Waals surface area contributed by atoms with Crippen molar-refractivity contribution in [2.45, 2.75) is 57.6 Å². The zero-order valence-electron chi connectivity index (χ0n) is 22.6. The van der Waals surface area contributed by atoms with Gasteiger partial charge in [0, 0.05) is 56.5 Å². The first-order valence-corrected chi connectivity index (χ1v) is 11.4. The number of sulfonamides is 1. The van der Waals surface area contributed by atoms with Crippen LogP contribution in [0.15, 0.2) is 17.1 Å². The lowest BCUT2D eigenvalue weighted by Gasteiger charge is -2.30. The van der Waals surface area contributed by atoms with Gasteiger partial charge in [-0.1, -0.05) is 6.92 Å². The minimum atomic E-state index is -4.40. The lowest BCUT2D eigenvalue weighted by Crippen LogP contribution is -2.42. The van der Waals surface area contributed by atoms with E-state index in [9.17, 15) is 18.3 Å². The second-order valence-corrected chi connectivity index (χ2v) is 9.57. The molecule has 0 unspecified atom stereocenters. The maximum atomic E-state index is 13.3. The normalized spacial score (nSPS) is 30.1. The van der Waals surface area contributed by atoms with E-state index in [-0.39, 0.29) is 42.2 Å². The fourth-order valence-electron chi connectivity index (χ4n) is 4.41. The van der Waals surface area contributed by atoms with E-state index in [0.717, 1.165) is 4.31 Å². The molecule has 2 aromatic heterocycles. The molecule has 3 atom stereocenters. The van der Waals surface area contributed by atoms with E-state index >= 15 is 0 Å². The molecule has 4 rings (SSSR count). The average molecular weight is 442 g/mol. The van der Waals surface area contributed by atoms with E-state index in [4.69, 9.17) is 8.22 Å². The van der Waals surface area contributed by atoms with E-state index < -0.39 is 40.8 Å². The summed E-state index contributed by atoms with van der Waals surface area (Å²) in [7, 11) is -4.40. The Morgan fingerprint density at radius 1 is 1.27 bits per heavy atom. The third-order valence-corrected chi connectivity index (χ3v) is 7.25. The Balaban J connectivity index is 1.65. The number of pyridine rings is 1. The lowest BCUT2D eigenvalue weighted by molar-refractivity contribution is 0.129. The van der Waals surface area contributed by atoms with Gasteiger partial charge < -0.3 is 10.4 Å². The van der Waals surface area contributed by atoms with Crippen LogP contribution in [0.25, 0.3) is 11.0 Å². The zero-order chi connectivity index (χ0) is 26.6. The average Bonchev–Trinajstić information content (AvgIpc) is 3.10. The molecule has 1 aliphatic heterocycles. The summed E-state index contributed by atoms with van der Waals surface area (Å²) in [5.41, 5.74) is -0.768. The molecule has 1 aliphatic carbocycles. The third-order valence-electron chi connectivity index (χ3n) is 6.20. The van der Waals surface area contributed by atoms with Crippen molar-refractivity contribution in [3.8, 4) is 0 Å². The van der Waals surface area contributed by atoms with Crippen LogP contribution in [0.2, 0.25) is 0 Å². The predicted molar refractivity (Wildman–Crippen MR) is 115 cm³/mol. The Morgan fingerprint density at radius 2 is 2.03 bits per heavy atom. The molecule has 30 heavy (non-hydrogen) atoms. The third kappa shape index (κ3) is 3.95. The van der Waals surface area contributed by atoms with Gasteiger partial charge in [0.25, 0.3) is 5.56 Å². The highest BCUT2D eigenvalue weighted by Gasteiger charge is 2.34. The first-order valence-electron chi connectivity index (χ1n) is 13.0. The number of aromatic nitrogens is 3. The molecule has 1 saturated heterocycles. The van der Waals surface area contributed by atoms with Crippen LogP contribution < -0.4 is 10.9 Å². The van der Waals surface area contributed by atoms with Crippen molar-refractivity contribution < 1.29 is 21.7 Å². The van der Waals surface area contributed by atoms with Crippen molar-refractivity contribution in [2.75, 3.05) is 24.6 Å². The molecular formula is C20H29N5O4S. The molecule has 0 radical (unpaired) electrons. The van der Waals surface area contributed by atoms with Crippen molar-refractivity contribution in [2.24, 2.45) is 5.92 Å². The largest absolute Gasteiger partial charge is 0.393 e. The van der Waals surface area contributed by atoms with Crippen LogP contribution in [0.1, 0.15) is 52.4 Å². The lowest BCUT2D eigenvalue weighted by atomic mass is 10.0. The number of aliphatic hydroxyl groups is 1. The molecule has 2 aliphatic rings. The number of aliphatic hydroxyl groups excluding tert-OH is 1. The smallest absolute Gasteiger partial charge is 0.255 e. The maximum Gasteiger partial charge on any atom is 0.255 e. The summed E-state index contributed by atoms with van der Waals surface area (Å²) in [5, 5.41) is 13.8. The molecule has 164 valence electrons. The summed E-state index contributed by atoms with van der Waals surface area (Å²) >= 11 is 0. The van der Waals surface area contributed by atoms with Gasteiger partial charge in [0.05, 0.1) is 12.3 Å². The number of piperidine rings is 1. The summed E-state index contributed by atoms with van der Waals surface area (Å²) in [6.45, 7) is -0.774. The topological polar surface area (TPSA) is 117 Å². The standard InChI is InChI=1S/C20H29N5O4S/c1-12-10-14-11-21-20(22-15-6-8-24(9-7-15)30(3,28)29)23-18(14)25(19(12)27)16-4-5-17(26)13(16)2/h10-11,13,15-17,26H,4-9H2,1-3H3,(H,21,22,23)/t13-,16-,17-/m0/s1/i1D3,3D3. The second kappa shape index (κ2) is 7.90. The first-order chi connectivity index (χ1) is 16.6. The minimum absolute atomic E-state index is 0.0239. The number of hydrogen-bond donors (Lipinski definition) is 2. The van der Waals surface area contributed by atoms with Crippen LogP contribution in [-0.2, 0) is 10.0 Å². The van der Waals surface area contributed by atoms with E-state index in [1.54, 1.807) is 0 Å². The summed E-state index contributed by atoms with van der Waals surface area (Å²) in [6, 6.07) is 0.604. The second-order valence-electron chi connectivity index (χ2n) is 8.10. The van der Waals surface area contributed by atoms with Crippen LogP contribution in [-0.4, -0.2) is 63.8 Å². The van der Waals surface area contributed by atoms with Crippen molar-refractivity contribution >= 4 is 27.0 Å². The number of hydrogen-bond acceptors (Lipinski definition) is 7. The van der Waals surface area contributed by atoms with Gasteiger partial charge in [-0.3, -0.25) is 9.36 Å². The monoisotopic (exact) mass is 441 g/mol. The van der Waals surface area contributed by atoms with Gasteiger partial charge in [0.15, 0.2) is 0 Å². The Hall–Kier alpha value is -2.04. The fourth-order valence-corrected chi connectivity index (χ4v) is 5.10. The van der Waals surface area contributed by atoms with Crippen molar-refractivity contribution in [1.82, 2.24) is 18.8 Å². The highest BCUT2D eigenvalue weighted by Crippen LogP contribution is 2.36. The summed E-state index contributed by atoms with van der Waals surface area (Å²) in [6.07, 6.45) is -0.682. The summed E-state index contributed by atoms with van der Waals surface area (Å²) in [4.78, 5) is 22.1. The Morgan fingerprint density at radius 3 is 2.67 bits per heavy atom. The Bertz CT molecular complexity index is 1300. The molecule has 9 nitrogen and oxygen atoms in total. The molecular weight excluding hydrogens is 406 g/mol. The van der Waals surface area contributed by atoms with Crippen LogP contribution in [0.5, 0.6) is 0 Å². The zero-order valence-corrected chi connectivity index (χ0v) is 17.4. The van der Waals surface area contributed by atoms with E-state index in [0.29, 0.717) is 31.1 Å².